The minimum Gasteiger partial charge on any atom is -0.487 e. The third kappa shape index (κ3) is 5.14. The Morgan fingerprint density at radius 3 is 2.33 bits per heavy atom. The van der Waals surface area contributed by atoms with Gasteiger partial charge in [0.05, 0.1) is 15.6 Å². The Kier molecular flexibility index (Phi) is 6.58. The van der Waals surface area contributed by atoms with Crippen molar-refractivity contribution in [2.45, 2.75) is 6.61 Å². The standard InChI is InChI=1S/C23H16Cl2N4O4/c24-17-10-5-11-18(25)21(17)29-27-19(13-33-16-8-2-1-3-9-16)20(28-29)22(30)26-15-7-4-6-14(12-15)23(31)32/h1-12H,13H2,(H,26,30)(H,31,32). The number of nitrogens with zero attached hydrogens (tertiary/aromatic N) is 3. The zero-order valence-electron chi connectivity index (χ0n) is 16.9. The van der Waals surface area contributed by atoms with Gasteiger partial charge in [-0.15, -0.1) is 15.0 Å². The fourth-order valence-electron chi connectivity index (χ4n) is 2.98. The highest BCUT2D eigenvalue weighted by atomic mass is 35.5. The van der Waals surface area contributed by atoms with Gasteiger partial charge in [-0.25, -0.2) is 4.79 Å². The van der Waals surface area contributed by atoms with Crippen LogP contribution >= 0.6 is 23.2 Å². The number of carbonyl (C=O) groups excluding carboxylic acids is 1. The lowest BCUT2D eigenvalue weighted by atomic mass is 10.2. The predicted octanol–water partition coefficient (Wildman–Crippen LogP) is 5.10. The van der Waals surface area contributed by atoms with Crippen molar-refractivity contribution >= 4 is 40.8 Å². The molecule has 4 rings (SSSR count). The van der Waals surface area contributed by atoms with Crippen molar-refractivity contribution in [2.24, 2.45) is 0 Å². The predicted molar refractivity (Wildman–Crippen MR) is 124 cm³/mol. The van der Waals surface area contributed by atoms with Crippen LogP contribution in [0, 0.1) is 0 Å². The van der Waals surface area contributed by atoms with E-state index in [1.807, 2.05) is 18.2 Å². The van der Waals surface area contributed by atoms with Crippen molar-refractivity contribution in [3.63, 3.8) is 0 Å². The van der Waals surface area contributed by atoms with Crippen LogP contribution in [0.2, 0.25) is 10.0 Å². The highest BCUT2D eigenvalue weighted by Gasteiger charge is 2.22. The van der Waals surface area contributed by atoms with Crippen LogP contribution in [0.3, 0.4) is 0 Å². The quantitative estimate of drug-likeness (QED) is 0.379. The van der Waals surface area contributed by atoms with Crippen LogP contribution in [-0.2, 0) is 6.61 Å². The van der Waals surface area contributed by atoms with Gasteiger partial charge in [0.25, 0.3) is 5.91 Å². The van der Waals surface area contributed by atoms with Crippen molar-refractivity contribution in [1.29, 1.82) is 0 Å². The summed E-state index contributed by atoms with van der Waals surface area (Å²) in [7, 11) is 0. The second-order valence-corrected chi connectivity index (χ2v) is 7.61. The molecule has 0 saturated carbocycles. The number of anilines is 1. The first-order valence-electron chi connectivity index (χ1n) is 9.65. The summed E-state index contributed by atoms with van der Waals surface area (Å²) in [5.74, 6) is -1.12. The van der Waals surface area contributed by atoms with Gasteiger partial charge >= 0.3 is 5.97 Å². The first kappa shape index (κ1) is 22.3. The first-order chi connectivity index (χ1) is 15.9. The summed E-state index contributed by atoms with van der Waals surface area (Å²) in [5, 5.41) is 21.1. The largest absolute Gasteiger partial charge is 0.487 e. The Morgan fingerprint density at radius 1 is 0.939 bits per heavy atom. The topological polar surface area (TPSA) is 106 Å². The Bertz CT molecular complexity index is 1310. The first-order valence-corrected chi connectivity index (χ1v) is 10.4. The number of rotatable bonds is 7. The van der Waals surface area contributed by atoms with E-state index in [0.29, 0.717) is 27.2 Å². The summed E-state index contributed by atoms with van der Waals surface area (Å²) in [5.41, 5.74) is 0.852. The molecule has 3 aromatic carbocycles. The van der Waals surface area contributed by atoms with E-state index < -0.39 is 11.9 Å². The molecule has 0 aliphatic carbocycles. The molecule has 0 radical (unpaired) electrons. The van der Waals surface area contributed by atoms with Gasteiger partial charge in [0.1, 0.15) is 23.7 Å². The van der Waals surface area contributed by atoms with Gasteiger partial charge in [0.15, 0.2) is 5.69 Å². The summed E-state index contributed by atoms with van der Waals surface area (Å²) < 4.78 is 5.75. The van der Waals surface area contributed by atoms with Gasteiger partial charge in [-0.1, -0.05) is 53.5 Å². The fraction of sp³-hybridized carbons (Fsp3) is 0.0435. The molecule has 0 bridgehead atoms. The number of carboxylic acids is 1. The maximum absolute atomic E-state index is 13.0. The number of ether oxygens (including phenoxy) is 1. The maximum Gasteiger partial charge on any atom is 0.335 e. The Hall–Kier alpha value is -3.88. The van der Waals surface area contributed by atoms with Crippen molar-refractivity contribution < 1.29 is 19.4 Å². The second-order valence-electron chi connectivity index (χ2n) is 6.80. The number of aromatic carboxylic acids is 1. The molecule has 0 unspecified atom stereocenters. The van der Waals surface area contributed by atoms with E-state index in [0.717, 1.165) is 0 Å². The van der Waals surface area contributed by atoms with Crippen LogP contribution in [-0.4, -0.2) is 32.0 Å². The number of benzene rings is 3. The molecule has 0 saturated heterocycles. The summed E-state index contributed by atoms with van der Waals surface area (Å²) in [6.07, 6.45) is 0. The van der Waals surface area contributed by atoms with Crippen LogP contribution in [0.5, 0.6) is 5.75 Å². The average molecular weight is 483 g/mol. The van der Waals surface area contributed by atoms with E-state index in [4.69, 9.17) is 27.9 Å². The van der Waals surface area contributed by atoms with E-state index in [1.165, 1.54) is 23.0 Å². The molecule has 8 nitrogen and oxygen atoms in total. The van der Waals surface area contributed by atoms with Crippen LogP contribution < -0.4 is 10.1 Å². The van der Waals surface area contributed by atoms with E-state index in [2.05, 4.69) is 15.5 Å². The minimum atomic E-state index is -1.11. The van der Waals surface area contributed by atoms with Gasteiger partial charge in [-0.2, -0.15) is 0 Å². The molecule has 4 aromatic rings. The smallest absolute Gasteiger partial charge is 0.335 e. The molecule has 33 heavy (non-hydrogen) atoms. The number of amides is 1. The minimum absolute atomic E-state index is 0.0253. The summed E-state index contributed by atoms with van der Waals surface area (Å²) in [6, 6.07) is 19.8. The fourth-order valence-corrected chi connectivity index (χ4v) is 3.53. The lowest BCUT2D eigenvalue weighted by Crippen LogP contribution is -2.16. The van der Waals surface area contributed by atoms with Crippen LogP contribution in [0.1, 0.15) is 26.5 Å². The number of nitrogens with one attached hydrogen (secondary N) is 1. The van der Waals surface area contributed by atoms with Crippen LogP contribution in [0.25, 0.3) is 5.69 Å². The molecule has 0 atom stereocenters. The molecule has 1 amide bonds. The second kappa shape index (κ2) is 9.72. The zero-order valence-corrected chi connectivity index (χ0v) is 18.4. The van der Waals surface area contributed by atoms with Crippen molar-refractivity contribution in [3.8, 4) is 11.4 Å². The number of hydrogen-bond acceptors (Lipinski definition) is 5. The van der Waals surface area contributed by atoms with Crippen molar-refractivity contribution in [1.82, 2.24) is 15.0 Å². The molecular weight excluding hydrogens is 467 g/mol. The molecule has 166 valence electrons. The molecule has 2 N–H and O–H groups in total. The van der Waals surface area contributed by atoms with Gasteiger partial charge in [0, 0.05) is 5.69 Å². The van der Waals surface area contributed by atoms with Crippen molar-refractivity contribution in [2.75, 3.05) is 5.32 Å². The Balaban J connectivity index is 1.68. The molecule has 1 heterocycles. The van der Waals surface area contributed by atoms with Gasteiger partial charge < -0.3 is 15.2 Å². The number of halogens is 2. The number of aromatic nitrogens is 3. The summed E-state index contributed by atoms with van der Waals surface area (Å²) in [6.45, 7) is -0.0516. The van der Waals surface area contributed by atoms with Crippen LogP contribution in [0.15, 0.2) is 72.8 Å². The maximum atomic E-state index is 13.0. The van der Waals surface area contributed by atoms with Gasteiger partial charge in [-0.05, 0) is 42.5 Å². The Morgan fingerprint density at radius 2 is 1.64 bits per heavy atom. The lowest BCUT2D eigenvalue weighted by Gasteiger charge is -2.06. The Labute approximate surface area is 198 Å². The molecule has 1 aromatic heterocycles. The average Bonchev–Trinajstić information content (AvgIpc) is 3.22. The summed E-state index contributed by atoms with van der Waals surface area (Å²) in [4.78, 5) is 25.5. The monoisotopic (exact) mass is 482 g/mol. The lowest BCUT2D eigenvalue weighted by molar-refractivity contribution is 0.0696. The molecule has 0 aliphatic heterocycles. The van der Waals surface area contributed by atoms with E-state index in [-0.39, 0.29) is 23.6 Å². The molecule has 10 heteroatoms. The molecule has 0 aliphatic rings. The number of carboxylic acid groups (broad SMARTS) is 1. The third-order valence-electron chi connectivity index (χ3n) is 4.52. The number of carbonyl (C=O) groups is 2. The normalized spacial score (nSPS) is 10.6. The zero-order chi connectivity index (χ0) is 23.4. The van der Waals surface area contributed by atoms with Gasteiger partial charge in [-0.3, -0.25) is 4.79 Å². The molecular formula is C23H16Cl2N4O4. The van der Waals surface area contributed by atoms with E-state index in [1.54, 1.807) is 36.4 Å². The SMILES string of the molecule is O=C(O)c1cccc(NC(=O)c2nn(-c3c(Cl)cccc3Cl)nc2COc2ccccc2)c1. The number of para-hydroxylation sites is 2. The summed E-state index contributed by atoms with van der Waals surface area (Å²) >= 11 is 12.6. The van der Waals surface area contributed by atoms with E-state index in [9.17, 15) is 14.7 Å². The van der Waals surface area contributed by atoms with Gasteiger partial charge in [0.2, 0.25) is 0 Å². The molecule has 0 spiro atoms. The highest BCUT2D eigenvalue weighted by Crippen LogP contribution is 2.28. The highest BCUT2D eigenvalue weighted by molar-refractivity contribution is 6.37. The number of hydrogen-bond donors (Lipinski definition) is 2. The van der Waals surface area contributed by atoms with E-state index >= 15 is 0 Å². The van der Waals surface area contributed by atoms with Crippen molar-refractivity contribution in [3.05, 3.63) is 99.8 Å². The van der Waals surface area contributed by atoms with Crippen LogP contribution in [0.4, 0.5) is 5.69 Å². The molecule has 0 fully saturated rings. The third-order valence-corrected chi connectivity index (χ3v) is 5.13.